The van der Waals surface area contributed by atoms with Crippen molar-refractivity contribution in [1.29, 1.82) is 0 Å². The van der Waals surface area contributed by atoms with Crippen molar-refractivity contribution in [3.05, 3.63) is 94.0 Å². The summed E-state index contributed by atoms with van der Waals surface area (Å²) in [4.78, 5) is 9.36. The Morgan fingerprint density at radius 2 is 1.06 bits per heavy atom. The molecule has 0 saturated heterocycles. The van der Waals surface area contributed by atoms with Crippen LogP contribution in [0.1, 0.15) is 98.1 Å². The molecule has 0 amide bonds. The number of nitrogens with zero attached hydrogens (tertiary/aromatic N) is 2. The van der Waals surface area contributed by atoms with Gasteiger partial charge in [-0.2, -0.15) is 9.97 Å². The second-order valence-electron chi connectivity index (χ2n) is 14.6. The molecule has 2 aromatic carbocycles. The minimum atomic E-state index is -0.213. The minimum Gasteiger partial charge on any atom is -0.481 e. The van der Waals surface area contributed by atoms with Gasteiger partial charge in [0.25, 0.3) is 0 Å². The van der Waals surface area contributed by atoms with Crippen molar-refractivity contribution in [1.82, 2.24) is 20.6 Å². The Balaban J connectivity index is 1.09. The molecule has 2 aromatic heterocycles. The molecule has 0 radical (unpaired) electrons. The van der Waals surface area contributed by atoms with Gasteiger partial charge in [0.05, 0.1) is 20.8 Å². The first-order chi connectivity index (χ1) is 25.3. The van der Waals surface area contributed by atoms with E-state index >= 15 is 0 Å². The highest BCUT2D eigenvalue weighted by molar-refractivity contribution is 5.72. The summed E-state index contributed by atoms with van der Waals surface area (Å²) in [5.74, 6) is 2.18. The zero-order valence-electron chi connectivity index (χ0n) is 31.6. The monoisotopic (exact) mass is 708 g/mol. The molecule has 278 valence electrons. The standard InChI is InChI=1S/C43H56N4O5/c1-6-42(21-7-8-22-42)44-25-32-17-19-38(46-40(32)49-4)51-27-34-13-11-15-36(30(34)2)37-16-12-14-35(31(37)3)28-52-39-20-18-33(41(47-39)50-5)26-45-43(29-48)23-9-10-24-43/h11-20,44-45,48H,6-10,21-29H2,1-5H3. The van der Waals surface area contributed by atoms with Crippen molar-refractivity contribution in [3.63, 3.8) is 0 Å². The number of nitrogens with one attached hydrogen (secondary N) is 2. The second-order valence-corrected chi connectivity index (χ2v) is 14.6. The summed E-state index contributed by atoms with van der Waals surface area (Å²) in [5.41, 5.74) is 8.80. The Bertz CT molecular complexity index is 1670. The van der Waals surface area contributed by atoms with Crippen LogP contribution in [0.4, 0.5) is 0 Å². The summed E-state index contributed by atoms with van der Waals surface area (Å²) in [7, 11) is 3.30. The van der Waals surface area contributed by atoms with E-state index in [1.54, 1.807) is 14.2 Å². The lowest BCUT2D eigenvalue weighted by Crippen LogP contribution is -2.45. The molecule has 2 heterocycles. The summed E-state index contributed by atoms with van der Waals surface area (Å²) < 4.78 is 23.8. The van der Waals surface area contributed by atoms with E-state index < -0.39 is 0 Å². The molecule has 0 spiro atoms. The highest BCUT2D eigenvalue weighted by atomic mass is 16.5. The lowest BCUT2D eigenvalue weighted by molar-refractivity contribution is 0.162. The number of rotatable bonds is 17. The topological polar surface area (TPSA) is 107 Å². The van der Waals surface area contributed by atoms with E-state index in [1.807, 2.05) is 18.2 Å². The smallest absolute Gasteiger partial charge is 0.220 e. The van der Waals surface area contributed by atoms with Gasteiger partial charge in [0.15, 0.2) is 0 Å². The van der Waals surface area contributed by atoms with E-state index in [-0.39, 0.29) is 17.7 Å². The van der Waals surface area contributed by atoms with Gasteiger partial charge in [0, 0.05) is 47.4 Å². The van der Waals surface area contributed by atoms with Gasteiger partial charge >= 0.3 is 0 Å². The second kappa shape index (κ2) is 17.1. The number of aromatic nitrogens is 2. The maximum atomic E-state index is 9.99. The van der Waals surface area contributed by atoms with Crippen LogP contribution in [0.3, 0.4) is 0 Å². The molecular formula is C43H56N4O5. The maximum Gasteiger partial charge on any atom is 0.220 e. The van der Waals surface area contributed by atoms with Crippen LogP contribution in [0.25, 0.3) is 11.1 Å². The number of aliphatic hydroxyl groups excluding tert-OH is 1. The summed E-state index contributed by atoms with van der Waals surface area (Å²) in [6.45, 7) is 8.78. The average molecular weight is 709 g/mol. The molecule has 52 heavy (non-hydrogen) atoms. The van der Waals surface area contributed by atoms with Crippen molar-refractivity contribution < 1.29 is 24.1 Å². The Kier molecular flexibility index (Phi) is 12.4. The minimum absolute atomic E-state index is 0.138. The van der Waals surface area contributed by atoms with Gasteiger partial charge < -0.3 is 34.7 Å². The van der Waals surface area contributed by atoms with Crippen LogP contribution >= 0.6 is 0 Å². The van der Waals surface area contributed by atoms with Crippen molar-refractivity contribution in [2.45, 2.75) is 116 Å². The number of ether oxygens (including phenoxy) is 4. The first-order valence-electron chi connectivity index (χ1n) is 18.9. The third kappa shape index (κ3) is 8.54. The van der Waals surface area contributed by atoms with Gasteiger partial charge in [-0.25, -0.2) is 0 Å². The number of methoxy groups -OCH3 is 2. The van der Waals surface area contributed by atoms with Crippen LogP contribution in [0.2, 0.25) is 0 Å². The van der Waals surface area contributed by atoms with Gasteiger partial charge in [-0.3, -0.25) is 0 Å². The molecule has 4 aromatic rings. The predicted molar refractivity (Wildman–Crippen MR) is 205 cm³/mol. The molecule has 2 saturated carbocycles. The van der Waals surface area contributed by atoms with Crippen molar-refractivity contribution in [3.8, 4) is 34.6 Å². The van der Waals surface area contributed by atoms with E-state index in [2.05, 4.69) is 78.9 Å². The first-order valence-corrected chi connectivity index (χ1v) is 18.9. The Labute approximate surface area is 309 Å². The molecule has 9 nitrogen and oxygen atoms in total. The molecule has 6 rings (SSSR count). The van der Waals surface area contributed by atoms with Gasteiger partial charge in [0.1, 0.15) is 13.2 Å². The van der Waals surface area contributed by atoms with Crippen molar-refractivity contribution in [2.24, 2.45) is 0 Å². The predicted octanol–water partition coefficient (Wildman–Crippen LogP) is 8.14. The maximum absolute atomic E-state index is 9.99. The third-order valence-electron chi connectivity index (χ3n) is 11.6. The van der Waals surface area contributed by atoms with E-state index in [1.165, 1.54) is 25.7 Å². The normalized spacial score (nSPS) is 16.2. The molecule has 3 N–H and O–H groups in total. The van der Waals surface area contributed by atoms with Gasteiger partial charge in [-0.05, 0) is 91.5 Å². The molecule has 9 heteroatoms. The molecule has 2 fully saturated rings. The quantitative estimate of drug-likeness (QED) is 0.100. The number of hydrogen-bond acceptors (Lipinski definition) is 9. The van der Waals surface area contributed by atoms with Gasteiger partial charge in [-0.1, -0.05) is 69.0 Å². The largest absolute Gasteiger partial charge is 0.481 e. The molecule has 0 aliphatic heterocycles. The van der Waals surface area contributed by atoms with Gasteiger partial charge in [-0.15, -0.1) is 0 Å². The van der Waals surface area contributed by atoms with Crippen molar-refractivity contribution >= 4 is 0 Å². The summed E-state index contributed by atoms with van der Waals surface area (Å²) in [5, 5.41) is 17.3. The fourth-order valence-corrected chi connectivity index (χ4v) is 7.97. The molecule has 2 aliphatic rings. The zero-order chi connectivity index (χ0) is 36.6. The molecular weight excluding hydrogens is 652 g/mol. The Morgan fingerprint density at radius 3 is 1.48 bits per heavy atom. The molecule has 0 bridgehead atoms. The molecule has 0 atom stereocenters. The number of aliphatic hydroxyl groups is 1. The highest BCUT2D eigenvalue weighted by Gasteiger charge is 2.33. The molecule has 2 aliphatic carbocycles. The van der Waals surface area contributed by atoms with E-state index in [0.717, 1.165) is 83.2 Å². The number of benzene rings is 2. The zero-order valence-corrected chi connectivity index (χ0v) is 31.6. The highest BCUT2D eigenvalue weighted by Crippen LogP contribution is 2.35. The van der Waals surface area contributed by atoms with Crippen LogP contribution in [0.5, 0.6) is 23.5 Å². The number of pyridine rings is 2. The third-order valence-corrected chi connectivity index (χ3v) is 11.6. The van der Waals surface area contributed by atoms with E-state index in [4.69, 9.17) is 23.9 Å². The Morgan fingerprint density at radius 1 is 0.615 bits per heavy atom. The molecule has 0 unspecified atom stereocenters. The first kappa shape index (κ1) is 37.6. The van der Waals surface area contributed by atoms with E-state index in [0.29, 0.717) is 43.3 Å². The summed E-state index contributed by atoms with van der Waals surface area (Å²) in [6.07, 6.45) is 10.4. The van der Waals surface area contributed by atoms with Crippen LogP contribution < -0.4 is 29.6 Å². The van der Waals surface area contributed by atoms with Crippen LogP contribution in [0, 0.1) is 13.8 Å². The number of hydrogen-bond donors (Lipinski definition) is 3. The van der Waals surface area contributed by atoms with Crippen LogP contribution in [-0.4, -0.2) is 47.0 Å². The fraction of sp³-hybridized carbons (Fsp3) is 0.488. The average Bonchev–Trinajstić information content (AvgIpc) is 3.87. The van der Waals surface area contributed by atoms with Crippen LogP contribution in [0.15, 0.2) is 60.7 Å². The SMILES string of the molecule is CCC1(NCc2ccc(OCc3cccc(-c4cccc(COc5ccc(CNC6(CO)CCCC6)c(OC)n5)c4C)c3C)nc2OC)CCCC1. The van der Waals surface area contributed by atoms with E-state index in [9.17, 15) is 5.11 Å². The van der Waals surface area contributed by atoms with Crippen molar-refractivity contribution in [2.75, 3.05) is 20.8 Å². The summed E-state index contributed by atoms with van der Waals surface area (Å²) in [6, 6.07) is 20.6. The fourth-order valence-electron chi connectivity index (χ4n) is 7.97. The van der Waals surface area contributed by atoms with Crippen LogP contribution in [-0.2, 0) is 26.3 Å². The lowest BCUT2D eigenvalue weighted by Gasteiger charge is -2.29. The lowest BCUT2D eigenvalue weighted by atomic mass is 9.92. The van der Waals surface area contributed by atoms with Gasteiger partial charge in [0.2, 0.25) is 23.5 Å². The summed E-state index contributed by atoms with van der Waals surface area (Å²) >= 11 is 0. The Hall–Kier alpha value is -4.18.